The van der Waals surface area contributed by atoms with Crippen LogP contribution in [0.25, 0.3) is 0 Å². The minimum absolute atomic E-state index is 0.0168. The van der Waals surface area contributed by atoms with E-state index in [0.29, 0.717) is 37.7 Å². The number of piperidine rings is 1. The molecule has 2 aliphatic rings. The molecular weight excluding hydrogens is 354 g/mol. The van der Waals surface area contributed by atoms with Crippen LogP contribution in [0.2, 0.25) is 0 Å². The number of aryl methyl sites for hydroxylation is 2. The van der Waals surface area contributed by atoms with Gasteiger partial charge >= 0.3 is 0 Å². The van der Waals surface area contributed by atoms with Crippen LogP contribution >= 0.6 is 0 Å². The molecule has 1 atom stereocenters. The Labute approximate surface area is 168 Å². The van der Waals surface area contributed by atoms with Gasteiger partial charge in [-0.3, -0.25) is 9.59 Å². The van der Waals surface area contributed by atoms with E-state index in [4.69, 9.17) is 4.74 Å². The lowest BCUT2D eigenvalue weighted by Crippen LogP contribution is -2.47. The number of hydrogen-bond donors (Lipinski definition) is 1. The lowest BCUT2D eigenvalue weighted by Gasteiger charge is -2.35. The predicted octanol–water partition coefficient (Wildman–Crippen LogP) is 3.14. The van der Waals surface area contributed by atoms with Gasteiger partial charge in [0.1, 0.15) is 0 Å². The molecule has 2 fully saturated rings. The molecule has 0 unspecified atom stereocenters. The average molecular weight is 388 g/mol. The summed E-state index contributed by atoms with van der Waals surface area (Å²) in [6.45, 7) is 5.69. The number of nitrogens with zero attached hydrogens (tertiary/aromatic N) is 2. The Bertz CT molecular complexity index is 713. The second-order valence-electron chi connectivity index (χ2n) is 8.32. The van der Waals surface area contributed by atoms with E-state index < -0.39 is 0 Å². The predicted molar refractivity (Wildman–Crippen MR) is 108 cm³/mol. The number of rotatable bonds is 6. The number of carbonyl (C=O) groups is 2. The average Bonchev–Trinajstić information content (AvgIpc) is 2.69. The molecule has 0 spiro atoms. The van der Waals surface area contributed by atoms with Gasteiger partial charge < -0.3 is 15.0 Å². The first-order valence-electron chi connectivity index (χ1n) is 10.5. The van der Waals surface area contributed by atoms with Crippen LogP contribution in [-0.2, 0) is 16.1 Å². The SMILES string of the molecule is COc1nc(C)cc(C)c1CNC(=O)[C@@H]1CCC(=O)N(CC2CCCCC2)C1. The molecule has 6 heteroatoms. The van der Waals surface area contributed by atoms with Gasteiger partial charge in [0.25, 0.3) is 0 Å². The van der Waals surface area contributed by atoms with Gasteiger partial charge in [-0.15, -0.1) is 0 Å². The molecule has 154 valence electrons. The zero-order valence-corrected chi connectivity index (χ0v) is 17.4. The Balaban J connectivity index is 1.57. The molecule has 1 saturated heterocycles. The van der Waals surface area contributed by atoms with Crippen LogP contribution in [0.3, 0.4) is 0 Å². The Morgan fingerprint density at radius 3 is 2.71 bits per heavy atom. The van der Waals surface area contributed by atoms with Crippen molar-refractivity contribution in [3.63, 3.8) is 0 Å². The molecule has 6 nitrogen and oxygen atoms in total. The number of hydrogen-bond acceptors (Lipinski definition) is 4. The van der Waals surface area contributed by atoms with Gasteiger partial charge in [-0.05, 0) is 50.7 Å². The van der Waals surface area contributed by atoms with Gasteiger partial charge in [0.15, 0.2) is 0 Å². The maximum Gasteiger partial charge on any atom is 0.225 e. The zero-order valence-electron chi connectivity index (χ0n) is 17.4. The van der Waals surface area contributed by atoms with Crippen LogP contribution in [-0.4, -0.2) is 41.9 Å². The number of pyridine rings is 1. The third-order valence-electron chi connectivity index (χ3n) is 6.14. The van der Waals surface area contributed by atoms with Crippen molar-refractivity contribution in [1.82, 2.24) is 15.2 Å². The minimum atomic E-state index is -0.133. The summed E-state index contributed by atoms with van der Waals surface area (Å²) >= 11 is 0. The first-order chi connectivity index (χ1) is 13.5. The van der Waals surface area contributed by atoms with Crippen molar-refractivity contribution in [2.75, 3.05) is 20.2 Å². The molecule has 0 radical (unpaired) electrons. The molecule has 1 aromatic rings. The molecule has 3 rings (SSSR count). The Morgan fingerprint density at radius 2 is 2.00 bits per heavy atom. The Morgan fingerprint density at radius 1 is 1.25 bits per heavy atom. The number of aromatic nitrogens is 1. The summed E-state index contributed by atoms with van der Waals surface area (Å²) in [4.78, 5) is 31.5. The van der Waals surface area contributed by atoms with E-state index in [-0.39, 0.29) is 17.7 Å². The summed E-state index contributed by atoms with van der Waals surface area (Å²) in [5.41, 5.74) is 2.86. The third-order valence-corrected chi connectivity index (χ3v) is 6.14. The summed E-state index contributed by atoms with van der Waals surface area (Å²) in [7, 11) is 1.60. The van der Waals surface area contributed by atoms with Gasteiger partial charge in [0.05, 0.1) is 13.0 Å². The van der Waals surface area contributed by atoms with Crippen LogP contribution in [0.4, 0.5) is 0 Å². The molecule has 1 N–H and O–H groups in total. The van der Waals surface area contributed by atoms with Crippen LogP contribution in [0.5, 0.6) is 5.88 Å². The summed E-state index contributed by atoms with van der Waals surface area (Å²) in [5.74, 6) is 1.25. The fourth-order valence-corrected chi connectivity index (χ4v) is 4.52. The highest BCUT2D eigenvalue weighted by atomic mass is 16.5. The minimum Gasteiger partial charge on any atom is -0.481 e. The summed E-state index contributed by atoms with van der Waals surface area (Å²) in [6.07, 6.45) is 7.37. The number of ether oxygens (including phenoxy) is 1. The van der Waals surface area contributed by atoms with Crippen molar-refractivity contribution >= 4 is 11.8 Å². The molecule has 0 bridgehead atoms. The largest absolute Gasteiger partial charge is 0.481 e. The third kappa shape index (κ3) is 5.03. The van der Waals surface area contributed by atoms with Crippen LogP contribution in [0.15, 0.2) is 6.07 Å². The normalized spacial score (nSPS) is 20.9. The van der Waals surface area contributed by atoms with Crippen molar-refractivity contribution in [3.05, 3.63) is 22.9 Å². The maximum absolute atomic E-state index is 12.8. The van der Waals surface area contributed by atoms with Crippen molar-refractivity contribution < 1.29 is 14.3 Å². The molecule has 2 amide bonds. The van der Waals surface area contributed by atoms with E-state index in [1.807, 2.05) is 24.8 Å². The summed E-state index contributed by atoms with van der Waals surface area (Å²) < 4.78 is 5.39. The highest BCUT2D eigenvalue weighted by molar-refractivity contribution is 5.83. The first-order valence-corrected chi connectivity index (χ1v) is 10.5. The van der Waals surface area contributed by atoms with Crippen molar-refractivity contribution in [3.8, 4) is 5.88 Å². The van der Waals surface area contributed by atoms with Crippen LogP contribution in [0, 0.1) is 25.7 Å². The van der Waals surface area contributed by atoms with Crippen molar-refractivity contribution in [2.24, 2.45) is 11.8 Å². The van der Waals surface area contributed by atoms with Gasteiger partial charge in [-0.2, -0.15) is 0 Å². The summed E-state index contributed by atoms with van der Waals surface area (Å²) in [6, 6.07) is 2.00. The van der Waals surface area contributed by atoms with E-state index >= 15 is 0 Å². The number of methoxy groups -OCH3 is 1. The van der Waals surface area contributed by atoms with E-state index in [1.54, 1.807) is 7.11 Å². The molecule has 28 heavy (non-hydrogen) atoms. The monoisotopic (exact) mass is 387 g/mol. The second-order valence-corrected chi connectivity index (χ2v) is 8.32. The van der Waals surface area contributed by atoms with Gasteiger partial charge in [0, 0.05) is 37.3 Å². The van der Waals surface area contributed by atoms with Gasteiger partial charge in [-0.1, -0.05) is 19.3 Å². The fourth-order valence-electron chi connectivity index (χ4n) is 4.52. The second kappa shape index (κ2) is 9.39. The quantitative estimate of drug-likeness (QED) is 0.814. The lowest BCUT2D eigenvalue weighted by molar-refractivity contribution is -0.139. The van der Waals surface area contributed by atoms with E-state index in [2.05, 4.69) is 10.3 Å². The zero-order chi connectivity index (χ0) is 20.1. The molecule has 0 aromatic carbocycles. The van der Waals surface area contributed by atoms with Crippen LogP contribution in [0.1, 0.15) is 61.8 Å². The summed E-state index contributed by atoms with van der Waals surface area (Å²) in [5, 5.41) is 3.05. The van der Waals surface area contributed by atoms with Gasteiger partial charge in [0.2, 0.25) is 17.7 Å². The number of amides is 2. The van der Waals surface area contributed by atoms with E-state index in [0.717, 1.165) is 23.4 Å². The Kier molecular flexibility index (Phi) is 6.92. The van der Waals surface area contributed by atoms with Gasteiger partial charge in [-0.25, -0.2) is 4.98 Å². The molecule has 1 aliphatic carbocycles. The van der Waals surface area contributed by atoms with Crippen LogP contribution < -0.4 is 10.1 Å². The molecular formula is C22H33N3O3. The fraction of sp³-hybridized carbons (Fsp3) is 0.682. The number of carbonyl (C=O) groups excluding carboxylic acids is 2. The lowest BCUT2D eigenvalue weighted by atomic mass is 9.87. The molecule has 1 aromatic heterocycles. The smallest absolute Gasteiger partial charge is 0.225 e. The molecule has 1 saturated carbocycles. The van der Waals surface area contributed by atoms with E-state index in [1.165, 1.54) is 32.1 Å². The molecule has 1 aliphatic heterocycles. The first kappa shape index (κ1) is 20.6. The molecule has 2 heterocycles. The van der Waals surface area contributed by atoms with Crippen molar-refractivity contribution in [2.45, 2.75) is 65.3 Å². The van der Waals surface area contributed by atoms with E-state index in [9.17, 15) is 9.59 Å². The highest BCUT2D eigenvalue weighted by Crippen LogP contribution is 2.27. The maximum atomic E-state index is 12.8. The highest BCUT2D eigenvalue weighted by Gasteiger charge is 2.31. The standard InChI is InChI=1S/C22H33N3O3/c1-15-11-16(2)24-22(28-3)19(15)12-23-21(27)18-9-10-20(26)25(14-18)13-17-7-5-4-6-8-17/h11,17-18H,4-10,12-14H2,1-3H3,(H,23,27)/t18-/m1/s1. The number of nitrogens with one attached hydrogen (secondary N) is 1. The van der Waals surface area contributed by atoms with Crippen molar-refractivity contribution in [1.29, 1.82) is 0 Å². The number of likely N-dealkylation sites (tertiary alicyclic amines) is 1. The Hall–Kier alpha value is -2.11. The topological polar surface area (TPSA) is 71.5 Å².